The van der Waals surface area contributed by atoms with Gasteiger partial charge in [-0.05, 0) is 48.9 Å². The van der Waals surface area contributed by atoms with E-state index in [1.807, 2.05) is 19.1 Å². The number of amides is 1. The van der Waals surface area contributed by atoms with Gasteiger partial charge in [0.15, 0.2) is 0 Å². The molecular formula is C17H18FNO3. The molecule has 2 rings (SSSR count). The number of hydrogen-bond acceptors (Lipinski definition) is 3. The Labute approximate surface area is 128 Å². The number of nitrogens with one attached hydrogen (secondary N) is 1. The summed E-state index contributed by atoms with van der Waals surface area (Å²) in [5.41, 5.74) is 2.16. The Kier molecular flexibility index (Phi) is 4.99. The van der Waals surface area contributed by atoms with Crippen LogP contribution in [0.5, 0.6) is 11.5 Å². The summed E-state index contributed by atoms with van der Waals surface area (Å²) in [5.74, 6) is 0.757. The molecule has 0 radical (unpaired) electrons. The van der Waals surface area contributed by atoms with Gasteiger partial charge in [0.2, 0.25) is 0 Å². The zero-order valence-electron chi connectivity index (χ0n) is 12.8. The van der Waals surface area contributed by atoms with Crippen LogP contribution in [0.25, 0.3) is 0 Å². The van der Waals surface area contributed by atoms with Crippen LogP contribution in [0, 0.1) is 12.7 Å². The van der Waals surface area contributed by atoms with Crippen molar-refractivity contribution < 1.29 is 18.7 Å². The van der Waals surface area contributed by atoms with Crippen molar-refractivity contribution in [2.75, 3.05) is 14.2 Å². The first-order chi connectivity index (χ1) is 10.5. The van der Waals surface area contributed by atoms with E-state index in [4.69, 9.17) is 9.47 Å². The van der Waals surface area contributed by atoms with Crippen molar-refractivity contribution >= 4 is 5.91 Å². The molecule has 22 heavy (non-hydrogen) atoms. The number of benzene rings is 2. The van der Waals surface area contributed by atoms with Crippen molar-refractivity contribution in [1.82, 2.24) is 5.32 Å². The van der Waals surface area contributed by atoms with Crippen LogP contribution in [-0.2, 0) is 6.54 Å². The molecule has 1 N–H and O–H groups in total. The fourth-order valence-corrected chi connectivity index (χ4v) is 2.13. The minimum Gasteiger partial charge on any atom is -0.496 e. The fourth-order valence-electron chi connectivity index (χ4n) is 2.13. The van der Waals surface area contributed by atoms with Gasteiger partial charge < -0.3 is 14.8 Å². The SMILES string of the molecule is COc1cc(CNC(=O)c2ccc(F)cc2)c(OC)cc1C. The lowest BCUT2D eigenvalue weighted by Crippen LogP contribution is -2.23. The smallest absolute Gasteiger partial charge is 0.251 e. The summed E-state index contributed by atoms with van der Waals surface area (Å²) in [6.07, 6.45) is 0. The van der Waals surface area contributed by atoms with Gasteiger partial charge in [0.25, 0.3) is 5.91 Å². The average molecular weight is 303 g/mol. The zero-order chi connectivity index (χ0) is 16.1. The third kappa shape index (κ3) is 3.55. The molecule has 1 amide bonds. The summed E-state index contributed by atoms with van der Waals surface area (Å²) in [6.45, 7) is 2.21. The second-order valence-electron chi connectivity index (χ2n) is 4.82. The van der Waals surface area contributed by atoms with Gasteiger partial charge in [-0.15, -0.1) is 0 Å². The number of hydrogen-bond donors (Lipinski definition) is 1. The van der Waals surface area contributed by atoms with E-state index in [1.165, 1.54) is 24.3 Å². The van der Waals surface area contributed by atoms with Crippen molar-refractivity contribution in [3.63, 3.8) is 0 Å². The number of carbonyl (C=O) groups excluding carboxylic acids is 1. The summed E-state index contributed by atoms with van der Waals surface area (Å²) < 4.78 is 23.5. The Hall–Kier alpha value is -2.56. The maximum atomic E-state index is 12.9. The summed E-state index contributed by atoms with van der Waals surface area (Å²) >= 11 is 0. The molecule has 4 nitrogen and oxygen atoms in total. The molecule has 116 valence electrons. The highest BCUT2D eigenvalue weighted by atomic mass is 19.1. The van der Waals surface area contributed by atoms with Crippen LogP contribution in [0.1, 0.15) is 21.5 Å². The number of methoxy groups -OCH3 is 2. The monoisotopic (exact) mass is 303 g/mol. The topological polar surface area (TPSA) is 47.6 Å². The van der Waals surface area contributed by atoms with E-state index in [0.29, 0.717) is 11.3 Å². The lowest BCUT2D eigenvalue weighted by molar-refractivity contribution is 0.0950. The van der Waals surface area contributed by atoms with Crippen LogP contribution in [0.15, 0.2) is 36.4 Å². The van der Waals surface area contributed by atoms with Gasteiger partial charge in [0.1, 0.15) is 17.3 Å². The molecule has 0 bridgehead atoms. The molecule has 2 aromatic carbocycles. The van der Waals surface area contributed by atoms with Crippen molar-refractivity contribution in [3.05, 3.63) is 58.9 Å². The molecule has 0 saturated carbocycles. The molecule has 0 aliphatic heterocycles. The summed E-state index contributed by atoms with van der Waals surface area (Å²) in [7, 11) is 3.17. The van der Waals surface area contributed by atoms with E-state index in [2.05, 4.69) is 5.32 Å². The first kappa shape index (κ1) is 15.8. The molecule has 0 unspecified atom stereocenters. The largest absolute Gasteiger partial charge is 0.496 e. The van der Waals surface area contributed by atoms with Gasteiger partial charge in [0.05, 0.1) is 14.2 Å². The molecule has 0 saturated heterocycles. The third-order valence-corrected chi connectivity index (χ3v) is 3.34. The minimum absolute atomic E-state index is 0.276. The van der Waals surface area contributed by atoms with E-state index in [-0.39, 0.29) is 18.3 Å². The molecule has 5 heteroatoms. The van der Waals surface area contributed by atoms with Crippen LogP contribution in [0.2, 0.25) is 0 Å². The van der Waals surface area contributed by atoms with Gasteiger partial charge in [-0.2, -0.15) is 0 Å². The predicted octanol–water partition coefficient (Wildman–Crippen LogP) is 3.08. The number of ether oxygens (including phenoxy) is 2. The molecule has 0 aromatic heterocycles. The average Bonchev–Trinajstić information content (AvgIpc) is 2.53. The van der Waals surface area contributed by atoms with Crippen LogP contribution in [0.4, 0.5) is 4.39 Å². The lowest BCUT2D eigenvalue weighted by atomic mass is 10.1. The molecule has 2 aromatic rings. The highest BCUT2D eigenvalue weighted by molar-refractivity contribution is 5.94. The number of aryl methyl sites for hydroxylation is 1. The highest BCUT2D eigenvalue weighted by Gasteiger charge is 2.11. The third-order valence-electron chi connectivity index (χ3n) is 3.34. The van der Waals surface area contributed by atoms with Crippen molar-refractivity contribution in [1.29, 1.82) is 0 Å². The quantitative estimate of drug-likeness (QED) is 0.923. The van der Waals surface area contributed by atoms with Crippen molar-refractivity contribution in [2.45, 2.75) is 13.5 Å². The Bertz CT molecular complexity index is 668. The van der Waals surface area contributed by atoms with E-state index in [9.17, 15) is 9.18 Å². The normalized spacial score (nSPS) is 10.2. The second-order valence-corrected chi connectivity index (χ2v) is 4.82. The minimum atomic E-state index is -0.374. The van der Waals surface area contributed by atoms with Crippen LogP contribution >= 0.6 is 0 Å². The predicted molar refractivity (Wildman–Crippen MR) is 81.9 cm³/mol. The molecule has 0 heterocycles. The molecule has 0 spiro atoms. The first-order valence-corrected chi connectivity index (χ1v) is 6.80. The Morgan fingerprint density at radius 2 is 1.73 bits per heavy atom. The lowest BCUT2D eigenvalue weighted by Gasteiger charge is -2.13. The maximum absolute atomic E-state index is 12.9. The number of halogens is 1. The molecule has 0 fully saturated rings. The fraction of sp³-hybridized carbons (Fsp3) is 0.235. The molecule has 0 aliphatic carbocycles. The summed E-state index contributed by atoms with van der Waals surface area (Å²) in [6, 6.07) is 9.08. The second kappa shape index (κ2) is 6.93. The number of carbonyl (C=O) groups is 1. The van der Waals surface area contributed by atoms with E-state index < -0.39 is 0 Å². The van der Waals surface area contributed by atoms with Gasteiger partial charge in [-0.1, -0.05) is 0 Å². The van der Waals surface area contributed by atoms with Gasteiger partial charge in [0, 0.05) is 17.7 Å². The van der Waals surface area contributed by atoms with Crippen molar-refractivity contribution in [2.24, 2.45) is 0 Å². The van der Waals surface area contributed by atoms with Crippen LogP contribution in [-0.4, -0.2) is 20.1 Å². The van der Waals surface area contributed by atoms with E-state index in [0.717, 1.165) is 16.9 Å². The molecular weight excluding hydrogens is 285 g/mol. The Morgan fingerprint density at radius 3 is 2.32 bits per heavy atom. The highest BCUT2D eigenvalue weighted by Crippen LogP contribution is 2.28. The van der Waals surface area contributed by atoms with Crippen molar-refractivity contribution in [3.8, 4) is 11.5 Å². The van der Waals surface area contributed by atoms with E-state index in [1.54, 1.807) is 14.2 Å². The Balaban J connectivity index is 2.13. The summed E-state index contributed by atoms with van der Waals surface area (Å²) in [5, 5.41) is 2.78. The Morgan fingerprint density at radius 1 is 1.09 bits per heavy atom. The number of rotatable bonds is 5. The summed E-state index contributed by atoms with van der Waals surface area (Å²) in [4.78, 5) is 12.0. The van der Waals surface area contributed by atoms with E-state index >= 15 is 0 Å². The van der Waals surface area contributed by atoms with Gasteiger partial charge in [-0.25, -0.2) is 4.39 Å². The maximum Gasteiger partial charge on any atom is 0.251 e. The standard InChI is InChI=1S/C17H18FNO3/c1-11-8-16(22-3)13(9-15(11)21-2)10-19-17(20)12-4-6-14(18)7-5-12/h4-9H,10H2,1-3H3,(H,19,20). The zero-order valence-corrected chi connectivity index (χ0v) is 12.8. The van der Waals surface area contributed by atoms with Gasteiger partial charge >= 0.3 is 0 Å². The van der Waals surface area contributed by atoms with Gasteiger partial charge in [-0.3, -0.25) is 4.79 Å². The first-order valence-electron chi connectivity index (χ1n) is 6.80. The molecule has 0 aliphatic rings. The van der Waals surface area contributed by atoms with Crippen LogP contribution in [0.3, 0.4) is 0 Å². The molecule has 0 atom stereocenters. The van der Waals surface area contributed by atoms with Crippen LogP contribution < -0.4 is 14.8 Å².